The zero-order valence-corrected chi connectivity index (χ0v) is 18.9. The molecule has 6 nitrogen and oxygen atoms in total. The molecule has 1 aliphatic heterocycles. The van der Waals surface area contributed by atoms with Crippen LogP contribution in [0.15, 0.2) is 48.7 Å². The third-order valence-electron chi connectivity index (χ3n) is 6.27. The van der Waals surface area contributed by atoms with Gasteiger partial charge in [-0.1, -0.05) is 35.6 Å². The molecule has 1 saturated carbocycles. The molecule has 5 rings (SSSR count). The fourth-order valence-electron chi connectivity index (χ4n) is 4.70. The summed E-state index contributed by atoms with van der Waals surface area (Å²) in [4.78, 5) is 12.2. The van der Waals surface area contributed by atoms with Crippen LogP contribution in [-0.4, -0.2) is 27.5 Å². The number of nitrogens with one attached hydrogen (secondary N) is 1. The molecule has 32 heavy (non-hydrogen) atoms. The first-order chi connectivity index (χ1) is 15.8. The largest absolute Gasteiger partial charge is 0.490 e. The molecule has 1 saturated heterocycles. The number of hydrogen-bond acceptors (Lipinski definition) is 7. The van der Waals surface area contributed by atoms with E-state index in [1.165, 1.54) is 42.6 Å². The number of nitriles is 1. The number of rotatable bonds is 7. The second-order valence-electron chi connectivity index (χ2n) is 8.47. The standard InChI is InChI=1S/C25H27N5OS/c26-15-20-16-27-25(32-20)29-24-13-5-10-21(28-24)22-11-6-14-30(22)17-18-7-1-4-12-23(18)31-19-8-2-3-9-19/h1,4-5,7,10,12-13,16,19,22H,2-3,6,8-9,11,14,17H2,(H,27,28,29). The molecule has 1 unspecified atom stereocenters. The Morgan fingerprint density at radius 3 is 2.81 bits per heavy atom. The normalized spacial score (nSPS) is 19.2. The van der Waals surface area contributed by atoms with Crippen molar-refractivity contribution in [2.24, 2.45) is 0 Å². The molecule has 2 aliphatic rings. The number of benzene rings is 1. The summed E-state index contributed by atoms with van der Waals surface area (Å²) in [6.45, 7) is 1.92. The van der Waals surface area contributed by atoms with E-state index in [1.54, 1.807) is 6.20 Å². The van der Waals surface area contributed by atoms with Crippen molar-refractivity contribution in [2.75, 3.05) is 11.9 Å². The number of anilines is 2. The molecule has 0 spiro atoms. The number of aromatic nitrogens is 2. The number of pyridine rings is 1. The molecule has 0 radical (unpaired) electrons. The van der Waals surface area contributed by atoms with Gasteiger partial charge >= 0.3 is 0 Å². The second kappa shape index (κ2) is 9.68. The highest BCUT2D eigenvalue weighted by Gasteiger charge is 2.28. The van der Waals surface area contributed by atoms with Crippen molar-refractivity contribution in [3.63, 3.8) is 0 Å². The molecule has 7 heteroatoms. The van der Waals surface area contributed by atoms with Crippen molar-refractivity contribution < 1.29 is 4.74 Å². The molecular formula is C25H27N5OS. The van der Waals surface area contributed by atoms with Gasteiger partial charge in [-0.25, -0.2) is 9.97 Å². The smallest absolute Gasteiger partial charge is 0.189 e. The lowest BCUT2D eigenvalue weighted by Gasteiger charge is -2.26. The summed E-state index contributed by atoms with van der Waals surface area (Å²) in [5, 5.41) is 12.9. The number of para-hydroxylation sites is 1. The molecule has 0 bridgehead atoms. The van der Waals surface area contributed by atoms with Crippen LogP contribution in [0, 0.1) is 11.3 Å². The van der Waals surface area contributed by atoms with E-state index in [0.29, 0.717) is 16.1 Å². The Kier molecular flexibility index (Phi) is 6.33. The number of nitrogens with zero attached hydrogens (tertiary/aromatic N) is 4. The van der Waals surface area contributed by atoms with Crippen LogP contribution in [0.25, 0.3) is 0 Å². The van der Waals surface area contributed by atoms with Crippen molar-refractivity contribution >= 4 is 22.3 Å². The lowest BCUT2D eigenvalue weighted by molar-refractivity contribution is 0.198. The first-order valence-electron chi connectivity index (χ1n) is 11.4. The molecule has 1 aliphatic carbocycles. The average molecular weight is 446 g/mol. The van der Waals surface area contributed by atoms with Crippen LogP contribution < -0.4 is 10.1 Å². The van der Waals surface area contributed by atoms with E-state index in [9.17, 15) is 0 Å². The van der Waals surface area contributed by atoms with Crippen LogP contribution in [-0.2, 0) is 6.54 Å². The molecule has 0 amide bonds. The summed E-state index contributed by atoms with van der Waals surface area (Å²) in [5.41, 5.74) is 2.33. The Balaban J connectivity index is 1.31. The number of hydrogen-bond donors (Lipinski definition) is 1. The van der Waals surface area contributed by atoms with Gasteiger partial charge in [0.05, 0.1) is 24.0 Å². The molecule has 1 aromatic carbocycles. The van der Waals surface area contributed by atoms with E-state index in [0.717, 1.165) is 43.2 Å². The maximum Gasteiger partial charge on any atom is 0.189 e. The van der Waals surface area contributed by atoms with Gasteiger partial charge in [-0.3, -0.25) is 4.90 Å². The lowest BCUT2D eigenvalue weighted by Crippen LogP contribution is -2.24. The van der Waals surface area contributed by atoms with Gasteiger partial charge in [-0.15, -0.1) is 0 Å². The third kappa shape index (κ3) is 4.77. The van der Waals surface area contributed by atoms with Crippen LogP contribution >= 0.6 is 11.3 Å². The van der Waals surface area contributed by atoms with Gasteiger partial charge in [0.15, 0.2) is 5.13 Å². The Morgan fingerprint density at radius 1 is 1.09 bits per heavy atom. The molecule has 2 fully saturated rings. The average Bonchev–Trinajstić information content (AvgIpc) is 3.58. The molecule has 1 atom stereocenters. The van der Waals surface area contributed by atoms with Crippen molar-refractivity contribution in [3.8, 4) is 11.8 Å². The summed E-state index contributed by atoms with van der Waals surface area (Å²) in [6, 6.07) is 17.0. The molecular weight excluding hydrogens is 418 g/mol. The molecule has 2 aromatic heterocycles. The van der Waals surface area contributed by atoms with Crippen molar-refractivity contribution in [1.82, 2.24) is 14.9 Å². The van der Waals surface area contributed by atoms with Gasteiger partial charge < -0.3 is 10.1 Å². The van der Waals surface area contributed by atoms with Crippen LogP contribution in [0.4, 0.5) is 10.9 Å². The zero-order valence-electron chi connectivity index (χ0n) is 18.0. The summed E-state index contributed by atoms with van der Waals surface area (Å²) in [7, 11) is 0. The maximum atomic E-state index is 9.02. The van der Waals surface area contributed by atoms with E-state index >= 15 is 0 Å². The Labute approximate surface area is 192 Å². The highest BCUT2D eigenvalue weighted by Crippen LogP contribution is 2.35. The minimum absolute atomic E-state index is 0.280. The highest BCUT2D eigenvalue weighted by atomic mass is 32.1. The topological polar surface area (TPSA) is 74.1 Å². The SMILES string of the molecule is N#Cc1cnc(Nc2cccc(C3CCCN3Cc3ccccc3OC3CCCC3)n2)s1. The maximum absolute atomic E-state index is 9.02. The summed E-state index contributed by atoms with van der Waals surface area (Å²) in [6.07, 6.45) is 9.08. The molecule has 1 N–H and O–H groups in total. The van der Waals surface area contributed by atoms with Crippen molar-refractivity contribution in [1.29, 1.82) is 5.26 Å². The van der Waals surface area contributed by atoms with Gasteiger partial charge in [-0.05, 0) is 63.3 Å². The van der Waals surface area contributed by atoms with Gasteiger partial charge in [0.25, 0.3) is 0 Å². The van der Waals surface area contributed by atoms with E-state index in [1.807, 2.05) is 12.1 Å². The quantitative estimate of drug-likeness (QED) is 0.494. The van der Waals surface area contributed by atoms with Crippen LogP contribution in [0.3, 0.4) is 0 Å². The molecule has 3 aromatic rings. The Morgan fingerprint density at radius 2 is 1.97 bits per heavy atom. The van der Waals surface area contributed by atoms with E-state index in [4.69, 9.17) is 15.0 Å². The van der Waals surface area contributed by atoms with Gasteiger partial charge in [0.2, 0.25) is 0 Å². The van der Waals surface area contributed by atoms with Crippen LogP contribution in [0.5, 0.6) is 5.75 Å². The van der Waals surface area contributed by atoms with E-state index in [-0.39, 0.29) is 6.04 Å². The Hall–Kier alpha value is -2.95. The fraction of sp³-hybridized carbons (Fsp3) is 0.400. The second-order valence-corrected chi connectivity index (χ2v) is 9.51. The first-order valence-corrected chi connectivity index (χ1v) is 12.2. The predicted octanol–water partition coefficient (Wildman–Crippen LogP) is 5.81. The Bertz CT molecular complexity index is 1100. The molecule has 164 valence electrons. The number of likely N-dealkylation sites (tertiary alicyclic amines) is 1. The van der Waals surface area contributed by atoms with Crippen molar-refractivity contribution in [2.45, 2.75) is 57.2 Å². The van der Waals surface area contributed by atoms with E-state index in [2.05, 4.69) is 51.6 Å². The first kappa shape index (κ1) is 20.9. The van der Waals surface area contributed by atoms with E-state index < -0.39 is 0 Å². The summed E-state index contributed by atoms with van der Waals surface area (Å²) < 4.78 is 6.37. The van der Waals surface area contributed by atoms with Crippen molar-refractivity contribution in [3.05, 3.63) is 64.8 Å². The van der Waals surface area contributed by atoms with Crippen LogP contribution in [0.1, 0.15) is 60.7 Å². The minimum atomic E-state index is 0.280. The number of thiazole rings is 1. The molecule has 3 heterocycles. The van der Waals surface area contributed by atoms with Crippen LogP contribution in [0.2, 0.25) is 0 Å². The number of ether oxygens (including phenoxy) is 1. The zero-order chi connectivity index (χ0) is 21.8. The monoisotopic (exact) mass is 445 g/mol. The predicted molar refractivity (Wildman–Crippen MR) is 126 cm³/mol. The summed E-state index contributed by atoms with van der Waals surface area (Å²) in [5.74, 6) is 1.80. The lowest BCUT2D eigenvalue weighted by atomic mass is 10.1. The fourth-order valence-corrected chi connectivity index (χ4v) is 5.32. The van der Waals surface area contributed by atoms with Gasteiger partial charge in [-0.2, -0.15) is 5.26 Å². The minimum Gasteiger partial charge on any atom is -0.490 e. The highest BCUT2D eigenvalue weighted by molar-refractivity contribution is 7.16. The van der Waals surface area contributed by atoms with Gasteiger partial charge in [0.1, 0.15) is 22.5 Å². The third-order valence-corrected chi connectivity index (χ3v) is 7.09. The summed E-state index contributed by atoms with van der Waals surface area (Å²) >= 11 is 1.33. The van der Waals surface area contributed by atoms with Gasteiger partial charge in [0, 0.05) is 12.1 Å².